The van der Waals surface area contributed by atoms with Gasteiger partial charge in [0.05, 0.1) is 12.4 Å². The third-order valence-electron chi connectivity index (χ3n) is 2.82. The number of carbonyl (C=O) groups is 1. The van der Waals surface area contributed by atoms with Crippen LogP contribution in [0.2, 0.25) is 0 Å². The molecule has 2 aromatic rings. The maximum Gasteiger partial charge on any atom is 0.234 e. The second kappa shape index (κ2) is 8.52. The van der Waals surface area contributed by atoms with Crippen LogP contribution in [0.15, 0.2) is 29.4 Å². The van der Waals surface area contributed by atoms with E-state index in [1.807, 2.05) is 31.2 Å². The summed E-state index contributed by atoms with van der Waals surface area (Å²) in [4.78, 5) is 12.0. The topological polar surface area (TPSA) is 81.9 Å². The Balaban J connectivity index is 1.84. The van der Waals surface area contributed by atoms with Gasteiger partial charge in [0.25, 0.3) is 0 Å². The number of tetrazole rings is 1. The number of carbonyl (C=O) groups excluding carboxylic acids is 1. The molecule has 0 atom stereocenters. The molecule has 0 aliphatic carbocycles. The largest absolute Gasteiger partial charge is 0.494 e. The molecule has 7 nitrogen and oxygen atoms in total. The lowest BCUT2D eigenvalue weighted by molar-refractivity contribution is -0.113. The third kappa shape index (κ3) is 5.55. The summed E-state index contributed by atoms with van der Waals surface area (Å²) in [7, 11) is 0. The summed E-state index contributed by atoms with van der Waals surface area (Å²) in [5.74, 6) is 1.38. The van der Waals surface area contributed by atoms with Crippen LogP contribution < -0.4 is 10.1 Å². The Morgan fingerprint density at radius 1 is 1.35 bits per heavy atom. The molecule has 0 spiro atoms. The van der Waals surface area contributed by atoms with Gasteiger partial charge in [-0.05, 0) is 47.5 Å². The Morgan fingerprint density at radius 3 is 2.74 bits per heavy atom. The van der Waals surface area contributed by atoms with Gasteiger partial charge in [-0.1, -0.05) is 25.6 Å². The first-order valence-electron chi connectivity index (χ1n) is 7.50. The first kappa shape index (κ1) is 17.3. The highest BCUT2D eigenvalue weighted by molar-refractivity contribution is 7.99. The lowest BCUT2D eigenvalue weighted by Crippen LogP contribution is -2.15. The molecular formula is C15H21N5O2S. The van der Waals surface area contributed by atoms with E-state index in [1.54, 1.807) is 4.68 Å². The number of benzene rings is 1. The van der Waals surface area contributed by atoms with E-state index in [9.17, 15) is 4.79 Å². The third-order valence-corrected chi connectivity index (χ3v) is 3.78. The minimum absolute atomic E-state index is 0.0988. The summed E-state index contributed by atoms with van der Waals surface area (Å²) in [5.41, 5.74) is 0.737. The maximum absolute atomic E-state index is 12.0. The molecule has 0 saturated carbocycles. The Bertz CT molecular complexity index is 627. The van der Waals surface area contributed by atoms with Crippen molar-refractivity contribution >= 4 is 23.4 Å². The van der Waals surface area contributed by atoms with E-state index < -0.39 is 0 Å². The van der Waals surface area contributed by atoms with E-state index in [1.165, 1.54) is 11.8 Å². The Labute approximate surface area is 139 Å². The van der Waals surface area contributed by atoms with Gasteiger partial charge in [-0.3, -0.25) is 4.79 Å². The molecule has 2 rings (SSSR count). The lowest BCUT2D eigenvalue weighted by Gasteiger charge is -2.08. The molecule has 0 unspecified atom stereocenters. The molecule has 1 aromatic carbocycles. The average Bonchev–Trinajstić information content (AvgIpc) is 2.94. The molecule has 124 valence electrons. The Hall–Kier alpha value is -2.09. The minimum Gasteiger partial charge on any atom is -0.494 e. The number of aromatic nitrogens is 4. The monoisotopic (exact) mass is 335 g/mol. The van der Waals surface area contributed by atoms with Crippen molar-refractivity contribution in [2.75, 3.05) is 17.7 Å². The number of hydrogen-bond donors (Lipinski definition) is 1. The highest BCUT2D eigenvalue weighted by Gasteiger charge is 2.11. The van der Waals surface area contributed by atoms with Crippen LogP contribution >= 0.6 is 11.8 Å². The van der Waals surface area contributed by atoms with Crippen LogP contribution in [0.25, 0.3) is 0 Å². The molecule has 0 aliphatic heterocycles. The van der Waals surface area contributed by atoms with Crippen molar-refractivity contribution in [1.82, 2.24) is 20.2 Å². The van der Waals surface area contributed by atoms with E-state index >= 15 is 0 Å². The van der Waals surface area contributed by atoms with Crippen LogP contribution in [0.4, 0.5) is 5.69 Å². The summed E-state index contributed by atoms with van der Waals surface area (Å²) in [6.07, 6.45) is 0. The molecule has 1 N–H and O–H groups in total. The van der Waals surface area contributed by atoms with Crippen molar-refractivity contribution in [3.8, 4) is 5.75 Å². The first-order chi connectivity index (χ1) is 11.1. The van der Waals surface area contributed by atoms with E-state index in [-0.39, 0.29) is 11.7 Å². The fourth-order valence-electron chi connectivity index (χ4n) is 1.89. The zero-order valence-corrected chi connectivity index (χ0v) is 14.3. The molecule has 1 aromatic heterocycles. The van der Waals surface area contributed by atoms with E-state index in [4.69, 9.17) is 4.74 Å². The quantitative estimate of drug-likeness (QED) is 0.746. The number of hydrogen-bond acceptors (Lipinski definition) is 6. The zero-order chi connectivity index (χ0) is 16.7. The standard InChI is InChI=1S/C15H21N5O2S/c1-4-22-13-7-5-12(6-8-13)16-14(21)10-23-15-17-18-19-20(15)9-11(2)3/h5-8,11H,4,9-10H2,1-3H3,(H,16,21). The van der Waals surface area contributed by atoms with Gasteiger partial charge in [0.1, 0.15) is 5.75 Å². The van der Waals surface area contributed by atoms with Crippen LogP contribution in [0.1, 0.15) is 20.8 Å². The average molecular weight is 335 g/mol. The van der Waals surface area contributed by atoms with Crippen LogP contribution in [-0.4, -0.2) is 38.5 Å². The summed E-state index contributed by atoms with van der Waals surface area (Å²) in [6.45, 7) is 7.46. The molecule has 23 heavy (non-hydrogen) atoms. The van der Waals surface area contributed by atoms with Gasteiger partial charge >= 0.3 is 0 Å². The maximum atomic E-state index is 12.0. The van der Waals surface area contributed by atoms with Gasteiger partial charge in [-0.25, -0.2) is 4.68 Å². The fraction of sp³-hybridized carbons (Fsp3) is 0.467. The highest BCUT2D eigenvalue weighted by Crippen LogP contribution is 2.18. The van der Waals surface area contributed by atoms with Crippen LogP contribution in [-0.2, 0) is 11.3 Å². The van der Waals surface area contributed by atoms with Gasteiger partial charge in [-0.15, -0.1) is 5.10 Å². The number of nitrogens with one attached hydrogen (secondary N) is 1. The van der Waals surface area contributed by atoms with Gasteiger partial charge < -0.3 is 10.1 Å². The van der Waals surface area contributed by atoms with Crippen LogP contribution in [0.5, 0.6) is 5.75 Å². The smallest absolute Gasteiger partial charge is 0.234 e. The van der Waals surface area contributed by atoms with Gasteiger partial charge in [0.2, 0.25) is 11.1 Å². The number of ether oxygens (including phenoxy) is 1. The molecule has 1 heterocycles. The molecule has 0 bridgehead atoms. The first-order valence-corrected chi connectivity index (χ1v) is 8.48. The van der Waals surface area contributed by atoms with Gasteiger partial charge in [0, 0.05) is 12.2 Å². The molecular weight excluding hydrogens is 314 g/mol. The highest BCUT2D eigenvalue weighted by atomic mass is 32.2. The van der Waals surface area contributed by atoms with Crippen molar-refractivity contribution in [1.29, 1.82) is 0 Å². The zero-order valence-electron chi connectivity index (χ0n) is 13.5. The van der Waals surface area contributed by atoms with Crippen molar-refractivity contribution in [2.45, 2.75) is 32.5 Å². The Morgan fingerprint density at radius 2 is 2.09 bits per heavy atom. The van der Waals surface area contributed by atoms with Crippen molar-refractivity contribution < 1.29 is 9.53 Å². The number of amides is 1. The van der Waals surface area contributed by atoms with E-state index in [2.05, 4.69) is 34.7 Å². The second-order valence-electron chi connectivity index (χ2n) is 5.33. The van der Waals surface area contributed by atoms with Crippen LogP contribution in [0.3, 0.4) is 0 Å². The molecule has 0 radical (unpaired) electrons. The lowest BCUT2D eigenvalue weighted by atomic mass is 10.2. The fourth-order valence-corrected chi connectivity index (χ4v) is 2.58. The molecule has 8 heteroatoms. The number of thioether (sulfide) groups is 1. The van der Waals surface area contributed by atoms with Gasteiger partial charge in [0.15, 0.2) is 0 Å². The predicted molar refractivity (Wildman–Crippen MR) is 89.6 cm³/mol. The van der Waals surface area contributed by atoms with Crippen LogP contribution in [0, 0.1) is 5.92 Å². The summed E-state index contributed by atoms with van der Waals surface area (Å²) < 4.78 is 7.09. The number of anilines is 1. The minimum atomic E-state index is -0.0988. The summed E-state index contributed by atoms with van der Waals surface area (Å²) in [5, 5.41) is 15.0. The van der Waals surface area contributed by atoms with E-state index in [0.29, 0.717) is 17.7 Å². The van der Waals surface area contributed by atoms with Crippen molar-refractivity contribution in [2.24, 2.45) is 5.92 Å². The molecule has 1 amide bonds. The van der Waals surface area contributed by atoms with Crippen molar-refractivity contribution in [3.63, 3.8) is 0 Å². The number of rotatable bonds is 8. The summed E-state index contributed by atoms with van der Waals surface area (Å²) in [6, 6.07) is 7.29. The molecule has 0 aliphatic rings. The Kier molecular flexibility index (Phi) is 6.40. The second-order valence-corrected chi connectivity index (χ2v) is 6.27. The van der Waals surface area contributed by atoms with E-state index in [0.717, 1.165) is 18.0 Å². The molecule has 0 saturated heterocycles. The SMILES string of the molecule is CCOc1ccc(NC(=O)CSc2nnnn2CC(C)C)cc1. The van der Waals surface area contributed by atoms with Gasteiger partial charge in [-0.2, -0.15) is 0 Å². The molecule has 0 fully saturated rings. The number of nitrogens with zero attached hydrogens (tertiary/aromatic N) is 4. The van der Waals surface area contributed by atoms with Crippen molar-refractivity contribution in [3.05, 3.63) is 24.3 Å². The predicted octanol–water partition coefficient (Wildman–Crippen LogP) is 2.46. The summed E-state index contributed by atoms with van der Waals surface area (Å²) >= 11 is 1.32. The normalized spacial score (nSPS) is 10.8.